The van der Waals surface area contributed by atoms with Gasteiger partial charge in [0.05, 0.1) is 24.5 Å². The van der Waals surface area contributed by atoms with E-state index in [4.69, 9.17) is 4.55 Å². The molecule has 4 rings (SSSR count). The molecule has 10 unspecified atom stereocenters. The van der Waals surface area contributed by atoms with Crippen LogP contribution in [0.2, 0.25) is 0 Å². The molecule has 0 aromatic rings. The minimum Gasteiger partial charge on any atom is -0.393 e. The van der Waals surface area contributed by atoms with Crippen LogP contribution in [0.25, 0.3) is 0 Å². The summed E-state index contributed by atoms with van der Waals surface area (Å²) in [5, 5.41) is 26.9. The van der Waals surface area contributed by atoms with Crippen molar-refractivity contribution in [3.05, 3.63) is 0 Å². The average Bonchev–Trinajstić information content (AvgIpc) is 3.20. The van der Waals surface area contributed by atoms with Crippen LogP contribution in [0.5, 0.6) is 0 Å². The van der Waals surface area contributed by atoms with E-state index in [1.165, 1.54) is 12.8 Å². The van der Waals surface area contributed by atoms with Gasteiger partial charge in [-0.1, -0.05) is 20.8 Å². The molecule has 0 aliphatic heterocycles. The molecule has 0 radical (unpaired) electrons. The van der Waals surface area contributed by atoms with Crippen LogP contribution >= 0.6 is 0 Å². The summed E-state index contributed by atoms with van der Waals surface area (Å²) in [7, 11) is -4.14. The minimum atomic E-state index is -4.14. The highest BCUT2D eigenvalue weighted by molar-refractivity contribution is 7.85. The molecule has 0 aromatic carbocycles. The Kier molecular flexibility index (Phi) is 8.87. The molecule has 0 saturated heterocycles. The van der Waals surface area contributed by atoms with Gasteiger partial charge in [0.25, 0.3) is 10.1 Å². The molecule has 4 fully saturated rings. The quantitative estimate of drug-likeness (QED) is 0.274. The predicted molar refractivity (Wildman–Crippen MR) is 143 cm³/mol. The first-order valence-corrected chi connectivity index (χ1v) is 16.2. The van der Waals surface area contributed by atoms with Gasteiger partial charge in [0.2, 0.25) is 11.8 Å². The third kappa shape index (κ3) is 5.93. The largest absolute Gasteiger partial charge is 0.393 e. The van der Waals surface area contributed by atoms with E-state index in [0.29, 0.717) is 42.4 Å². The van der Waals surface area contributed by atoms with Crippen molar-refractivity contribution < 1.29 is 32.8 Å². The Hall–Kier alpha value is -1.23. The molecule has 10 heteroatoms. The summed E-state index contributed by atoms with van der Waals surface area (Å²) < 4.78 is 30.2. The molecule has 0 bridgehead atoms. The van der Waals surface area contributed by atoms with Gasteiger partial charge in [-0.2, -0.15) is 8.42 Å². The molecule has 2 amide bonds. The van der Waals surface area contributed by atoms with Gasteiger partial charge in [-0.05, 0) is 104 Å². The van der Waals surface area contributed by atoms with Crippen LogP contribution in [-0.4, -0.2) is 66.0 Å². The molecule has 5 N–H and O–H groups in total. The first kappa shape index (κ1) is 29.7. The fourth-order valence-corrected chi connectivity index (χ4v) is 9.73. The summed E-state index contributed by atoms with van der Waals surface area (Å²) in [6.07, 6.45) is 8.71. The van der Waals surface area contributed by atoms with Gasteiger partial charge < -0.3 is 20.8 Å². The van der Waals surface area contributed by atoms with E-state index in [-0.39, 0.29) is 48.0 Å². The smallest absolute Gasteiger partial charge is 0.266 e. The second-order valence-electron chi connectivity index (χ2n) is 13.3. The molecular formula is C28H48N2O7S. The SMILES string of the molecule is CC(CCC(=O)NCC(=O)NCCS(=O)(=O)O)C1CCC2C3CCC4CC(O)CCC4(C)C3CC(O)C12C. The van der Waals surface area contributed by atoms with Gasteiger partial charge in [0.1, 0.15) is 0 Å². The Bertz CT molecular complexity index is 990. The van der Waals surface area contributed by atoms with E-state index in [9.17, 15) is 28.2 Å². The van der Waals surface area contributed by atoms with Crippen molar-refractivity contribution in [2.75, 3.05) is 18.8 Å². The van der Waals surface area contributed by atoms with Crippen LogP contribution in [0.4, 0.5) is 0 Å². The first-order valence-electron chi connectivity index (χ1n) is 14.6. The highest BCUT2D eigenvalue weighted by Gasteiger charge is 2.63. The van der Waals surface area contributed by atoms with Crippen molar-refractivity contribution in [1.82, 2.24) is 10.6 Å². The van der Waals surface area contributed by atoms with Crippen molar-refractivity contribution in [3.8, 4) is 0 Å². The Morgan fingerprint density at radius 3 is 2.42 bits per heavy atom. The standard InChI is InChI=1S/C28H48N2O7S/c1-17(4-9-25(33)30-16-26(34)29-12-13-38(35,36)37)21-7-8-22-20-6-5-18-14-19(31)10-11-27(18,2)23(20)15-24(32)28(21,22)3/h17-24,31-32H,4-16H2,1-3H3,(H,29,34)(H,30,33)(H,35,36,37). The average molecular weight is 557 g/mol. The molecule has 4 saturated carbocycles. The Balaban J connectivity index is 1.30. The van der Waals surface area contributed by atoms with Gasteiger partial charge >= 0.3 is 0 Å². The number of aliphatic hydroxyl groups excluding tert-OH is 2. The summed E-state index contributed by atoms with van der Waals surface area (Å²) >= 11 is 0. The van der Waals surface area contributed by atoms with Crippen LogP contribution < -0.4 is 10.6 Å². The summed E-state index contributed by atoms with van der Waals surface area (Å²) in [6, 6.07) is 0. The van der Waals surface area contributed by atoms with Crippen LogP contribution in [0.15, 0.2) is 0 Å². The molecule has 0 aromatic heterocycles. The van der Waals surface area contributed by atoms with Crippen molar-refractivity contribution in [2.24, 2.45) is 46.3 Å². The lowest BCUT2D eigenvalue weighted by Crippen LogP contribution is -2.58. The number of aliphatic hydroxyl groups is 2. The number of amides is 2. The number of hydrogen-bond acceptors (Lipinski definition) is 6. The van der Waals surface area contributed by atoms with Crippen LogP contribution in [0.1, 0.15) is 85.0 Å². The van der Waals surface area contributed by atoms with Crippen LogP contribution in [0, 0.1) is 46.3 Å². The lowest BCUT2D eigenvalue weighted by molar-refractivity contribution is -0.175. The Morgan fingerprint density at radius 2 is 1.71 bits per heavy atom. The maximum Gasteiger partial charge on any atom is 0.266 e. The lowest BCUT2D eigenvalue weighted by Gasteiger charge is -2.62. The molecule has 0 spiro atoms. The molecule has 10 atom stereocenters. The van der Waals surface area contributed by atoms with Gasteiger partial charge in [-0.15, -0.1) is 0 Å². The molecule has 4 aliphatic rings. The second kappa shape index (κ2) is 11.3. The van der Waals surface area contributed by atoms with Crippen molar-refractivity contribution in [1.29, 1.82) is 0 Å². The van der Waals surface area contributed by atoms with Crippen molar-refractivity contribution in [3.63, 3.8) is 0 Å². The van der Waals surface area contributed by atoms with Crippen molar-refractivity contribution >= 4 is 21.9 Å². The minimum absolute atomic E-state index is 0.151. The third-order valence-corrected chi connectivity index (χ3v) is 12.2. The first-order chi connectivity index (χ1) is 17.8. The molecule has 0 heterocycles. The highest BCUT2D eigenvalue weighted by Crippen LogP contribution is 2.68. The number of fused-ring (bicyclic) bond motifs is 5. The van der Waals surface area contributed by atoms with Crippen LogP contribution in [-0.2, 0) is 19.7 Å². The van der Waals surface area contributed by atoms with Crippen LogP contribution in [0.3, 0.4) is 0 Å². The number of nitrogens with one attached hydrogen (secondary N) is 2. The number of hydrogen-bond donors (Lipinski definition) is 5. The lowest BCUT2D eigenvalue weighted by atomic mass is 9.43. The molecule has 9 nitrogen and oxygen atoms in total. The Labute approximate surface area is 227 Å². The highest BCUT2D eigenvalue weighted by atomic mass is 32.2. The van der Waals surface area contributed by atoms with E-state index in [2.05, 4.69) is 31.4 Å². The summed E-state index contributed by atoms with van der Waals surface area (Å²) in [5.74, 6) is 1.51. The fourth-order valence-electron chi connectivity index (χ4n) is 9.37. The topological polar surface area (TPSA) is 153 Å². The number of carbonyl (C=O) groups excluding carboxylic acids is 2. The summed E-state index contributed by atoms with van der Waals surface area (Å²) in [6.45, 7) is 6.46. The van der Waals surface area contributed by atoms with Crippen molar-refractivity contribution in [2.45, 2.75) is 97.2 Å². The van der Waals surface area contributed by atoms with E-state index >= 15 is 0 Å². The zero-order valence-corrected chi connectivity index (χ0v) is 24.0. The van der Waals surface area contributed by atoms with E-state index < -0.39 is 21.8 Å². The maximum absolute atomic E-state index is 12.4. The summed E-state index contributed by atoms with van der Waals surface area (Å²) in [4.78, 5) is 24.2. The van der Waals surface area contributed by atoms with Gasteiger partial charge in [0, 0.05) is 13.0 Å². The Morgan fingerprint density at radius 1 is 0.974 bits per heavy atom. The normalized spacial score (nSPS) is 41.4. The zero-order chi connectivity index (χ0) is 27.9. The second-order valence-corrected chi connectivity index (χ2v) is 14.9. The van der Waals surface area contributed by atoms with E-state index in [1.807, 2.05) is 0 Å². The third-order valence-electron chi connectivity index (χ3n) is 11.5. The summed E-state index contributed by atoms with van der Waals surface area (Å²) in [5.41, 5.74) is 0.0618. The number of carbonyl (C=O) groups is 2. The molecule has 38 heavy (non-hydrogen) atoms. The maximum atomic E-state index is 12.4. The molecular weight excluding hydrogens is 508 g/mol. The zero-order valence-electron chi connectivity index (χ0n) is 23.2. The van der Waals surface area contributed by atoms with Gasteiger partial charge in [0.15, 0.2) is 0 Å². The monoisotopic (exact) mass is 556 g/mol. The van der Waals surface area contributed by atoms with E-state index in [1.54, 1.807) is 0 Å². The predicted octanol–water partition coefficient (Wildman–Crippen LogP) is 2.51. The van der Waals surface area contributed by atoms with Gasteiger partial charge in [-0.25, -0.2) is 0 Å². The fraction of sp³-hybridized carbons (Fsp3) is 0.929. The van der Waals surface area contributed by atoms with Gasteiger partial charge in [-0.3, -0.25) is 14.1 Å². The number of rotatable bonds is 9. The molecule has 4 aliphatic carbocycles. The van der Waals surface area contributed by atoms with E-state index in [0.717, 1.165) is 38.5 Å². The molecule has 218 valence electrons.